The third-order valence-electron chi connectivity index (χ3n) is 9.31. The number of rotatable bonds is 24. The van der Waals surface area contributed by atoms with Gasteiger partial charge in [0.05, 0.1) is 25.4 Å². The molecular formula is C38H51N5O17S2. The fraction of sp³-hybridized carbons (Fsp3) is 0.500. The van der Waals surface area contributed by atoms with Gasteiger partial charge in [0.1, 0.15) is 30.2 Å². The van der Waals surface area contributed by atoms with Crippen molar-refractivity contribution in [2.45, 2.75) is 82.6 Å². The van der Waals surface area contributed by atoms with Crippen molar-refractivity contribution in [2.75, 3.05) is 25.5 Å². The fourth-order valence-electron chi connectivity index (χ4n) is 6.50. The molecule has 0 spiro atoms. The molecule has 1 fully saturated rings. The van der Waals surface area contributed by atoms with Gasteiger partial charge in [-0.05, 0) is 36.3 Å². The van der Waals surface area contributed by atoms with E-state index < -0.39 is 124 Å². The van der Waals surface area contributed by atoms with Crippen LogP contribution in [-0.2, 0) is 71.0 Å². The Hall–Kier alpha value is -5.69. The third kappa shape index (κ3) is 18.1. The van der Waals surface area contributed by atoms with Crippen molar-refractivity contribution < 1.29 is 78.6 Å². The number of amides is 5. The zero-order valence-electron chi connectivity index (χ0n) is 33.7. The fourth-order valence-corrected chi connectivity index (χ4v) is 7.66. The maximum absolute atomic E-state index is 14.1. The van der Waals surface area contributed by atoms with Gasteiger partial charge in [-0.3, -0.25) is 33.1 Å². The first kappa shape index (κ1) is 50.7. The number of hydrogen-bond donors (Lipinski definition) is 8. The maximum Gasteiger partial charge on any atom is 0.407 e. The predicted molar refractivity (Wildman–Crippen MR) is 216 cm³/mol. The second-order valence-corrected chi connectivity index (χ2v) is 17.5. The van der Waals surface area contributed by atoms with Gasteiger partial charge in [0.25, 0.3) is 10.1 Å². The van der Waals surface area contributed by atoms with Gasteiger partial charge in [0, 0.05) is 25.3 Å². The highest BCUT2D eigenvalue weighted by Gasteiger charge is 2.40. The van der Waals surface area contributed by atoms with Crippen LogP contribution in [0, 0.1) is 11.8 Å². The van der Waals surface area contributed by atoms with E-state index in [1.807, 2.05) is 0 Å². The van der Waals surface area contributed by atoms with Crippen LogP contribution in [0.2, 0.25) is 0 Å². The Morgan fingerprint density at radius 2 is 1.27 bits per heavy atom. The number of carboxylic acid groups (broad SMARTS) is 2. The zero-order valence-corrected chi connectivity index (χ0v) is 35.4. The van der Waals surface area contributed by atoms with Crippen molar-refractivity contribution in [2.24, 2.45) is 11.8 Å². The lowest BCUT2D eigenvalue weighted by Crippen LogP contribution is -2.59. The predicted octanol–water partition coefficient (Wildman–Crippen LogP) is -0.0592. The molecular weight excluding hydrogens is 863 g/mol. The maximum atomic E-state index is 14.1. The molecule has 0 radical (unpaired) electrons. The van der Waals surface area contributed by atoms with Crippen molar-refractivity contribution in [3.63, 3.8) is 0 Å². The van der Waals surface area contributed by atoms with Crippen LogP contribution in [0.3, 0.4) is 0 Å². The normalized spacial score (nSPS) is 16.5. The van der Waals surface area contributed by atoms with E-state index in [0.29, 0.717) is 17.5 Å². The molecule has 22 nitrogen and oxygen atoms in total. The Balaban J connectivity index is 1.83. The molecule has 0 saturated carbocycles. The Kier molecular flexibility index (Phi) is 19.2. The van der Waals surface area contributed by atoms with E-state index >= 15 is 0 Å². The van der Waals surface area contributed by atoms with Crippen LogP contribution in [0.5, 0.6) is 0 Å². The SMILES string of the molecule is CC(C)C[C@H](NC(=O)OCC(COS(=O)(=O)O)CS(=O)(=O)O)C(=O)N1CCC[C@H]1C(=O)N[C@@H](Cc1ccccc1)C(=O)N[C@@H](Cc1ccccc1)C(=O)N[C@@H](CC(=O)O)C(=O)O. The van der Waals surface area contributed by atoms with Gasteiger partial charge in [-0.15, -0.1) is 0 Å². The number of aliphatic carboxylic acids is 2. The molecule has 24 heteroatoms. The Bertz CT molecular complexity index is 2110. The number of ether oxygens (including phenoxy) is 1. The van der Waals surface area contributed by atoms with Crippen molar-refractivity contribution in [1.29, 1.82) is 0 Å². The molecule has 0 aliphatic carbocycles. The minimum atomic E-state index is -5.03. The molecule has 5 amide bonds. The molecule has 1 heterocycles. The third-order valence-corrected chi connectivity index (χ3v) is 10.6. The molecule has 2 aromatic rings. The molecule has 0 aromatic heterocycles. The second-order valence-electron chi connectivity index (χ2n) is 14.9. The smallest absolute Gasteiger partial charge is 0.407 e. The first-order chi connectivity index (χ1) is 29.0. The summed E-state index contributed by atoms with van der Waals surface area (Å²) in [6.45, 7) is 1.71. The number of nitrogens with one attached hydrogen (secondary N) is 4. The summed E-state index contributed by atoms with van der Waals surface area (Å²) in [6, 6.07) is 9.72. The first-order valence-corrected chi connectivity index (χ1v) is 22.2. The first-order valence-electron chi connectivity index (χ1n) is 19.3. The van der Waals surface area contributed by atoms with Crippen LogP contribution in [-0.4, -0.2) is 138 Å². The largest absolute Gasteiger partial charge is 0.481 e. The molecule has 3 rings (SSSR count). The van der Waals surface area contributed by atoms with Gasteiger partial charge >= 0.3 is 28.4 Å². The summed E-state index contributed by atoms with van der Waals surface area (Å²) in [6.07, 6.45) is -1.95. The van der Waals surface area contributed by atoms with Gasteiger partial charge in [0.15, 0.2) is 0 Å². The number of likely N-dealkylation sites (tertiary alicyclic amines) is 1. The summed E-state index contributed by atoms with van der Waals surface area (Å²) in [5.74, 6) is -9.26. The Morgan fingerprint density at radius 1 is 0.742 bits per heavy atom. The summed E-state index contributed by atoms with van der Waals surface area (Å²) < 4.78 is 72.2. The van der Waals surface area contributed by atoms with Crippen LogP contribution in [0.15, 0.2) is 60.7 Å². The Morgan fingerprint density at radius 3 is 1.76 bits per heavy atom. The molecule has 2 aromatic carbocycles. The molecule has 6 atom stereocenters. The van der Waals surface area contributed by atoms with Gasteiger partial charge < -0.3 is 41.1 Å². The highest BCUT2D eigenvalue weighted by atomic mass is 32.3. The van der Waals surface area contributed by atoms with E-state index in [-0.39, 0.29) is 38.1 Å². The summed E-state index contributed by atoms with van der Waals surface area (Å²) >= 11 is 0. The van der Waals surface area contributed by atoms with Crippen molar-refractivity contribution in [3.8, 4) is 0 Å². The highest BCUT2D eigenvalue weighted by molar-refractivity contribution is 7.85. The van der Waals surface area contributed by atoms with Crippen molar-refractivity contribution in [1.82, 2.24) is 26.2 Å². The number of alkyl carbamates (subject to hydrolysis) is 1. The summed E-state index contributed by atoms with van der Waals surface area (Å²) in [5, 5.41) is 28.5. The summed E-state index contributed by atoms with van der Waals surface area (Å²) in [5.41, 5.74) is 1.14. The molecule has 62 heavy (non-hydrogen) atoms. The number of benzene rings is 2. The van der Waals surface area contributed by atoms with Crippen molar-refractivity contribution >= 4 is 62.2 Å². The molecule has 1 aliphatic rings. The lowest BCUT2D eigenvalue weighted by atomic mass is 10.0. The number of carboxylic acids is 2. The van der Waals surface area contributed by atoms with E-state index in [1.165, 1.54) is 4.90 Å². The van der Waals surface area contributed by atoms with Crippen LogP contribution in [0.4, 0.5) is 4.79 Å². The molecule has 342 valence electrons. The summed E-state index contributed by atoms with van der Waals surface area (Å²) in [7, 11) is -9.76. The van der Waals surface area contributed by atoms with Gasteiger partial charge in [-0.2, -0.15) is 16.8 Å². The monoisotopic (exact) mass is 913 g/mol. The van der Waals surface area contributed by atoms with E-state index in [4.69, 9.17) is 9.29 Å². The number of carbonyl (C=O) groups is 7. The van der Waals surface area contributed by atoms with Crippen molar-refractivity contribution in [3.05, 3.63) is 71.8 Å². The lowest BCUT2D eigenvalue weighted by molar-refractivity contribution is -0.147. The zero-order chi connectivity index (χ0) is 46.2. The molecule has 1 saturated heterocycles. The van der Waals surface area contributed by atoms with E-state index in [2.05, 4.69) is 25.5 Å². The number of carbonyl (C=O) groups excluding carboxylic acids is 5. The minimum Gasteiger partial charge on any atom is -0.481 e. The van der Waals surface area contributed by atoms with Gasteiger partial charge in [-0.25, -0.2) is 13.8 Å². The van der Waals surface area contributed by atoms with Crippen LogP contribution >= 0.6 is 0 Å². The molecule has 8 N–H and O–H groups in total. The highest BCUT2D eigenvalue weighted by Crippen LogP contribution is 2.21. The Labute approximate surface area is 357 Å². The van der Waals surface area contributed by atoms with Crippen LogP contribution in [0.1, 0.15) is 50.7 Å². The van der Waals surface area contributed by atoms with E-state index in [0.717, 1.165) is 0 Å². The van der Waals surface area contributed by atoms with Crippen LogP contribution < -0.4 is 21.3 Å². The second kappa shape index (κ2) is 23.5. The van der Waals surface area contributed by atoms with E-state index in [9.17, 15) is 65.2 Å². The number of hydrogen-bond acceptors (Lipinski definition) is 13. The minimum absolute atomic E-state index is 0.0260. The van der Waals surface area contributed by atoms with Gasteiger partial charge in [0.2, 0.25) is 23.6 Å². The number of nitrogens with zero attached hydrogens (tertiary/aromatic N) is 1. The molecule has 0 bridgehead atoms. The quantitative estimate of drug-likeness (QED) is 0.0640. The summed E-state index contributed by atoms with van der Waals surface area (Å²) in [4.78, 5) is 92.9. The average molecular weight is 914 g/mol. The average Bonchev–Trinajstić information content (AvgIpc) is 3.68. The standard InChI is InChI=1S/C38H51N5O17S2/c1-23(2)16-29(42-38(52)59-20-26(22-61(53,54)55)21-60-62(56,57)58)36(49)43-15-9-14-31(43)35(48)40-28(18-25-12-7-4-8-13-25)33(46)39-27(17-24-10-5-3-6-11-24)34(47)41-30(37(50)51)19-32(44)45/h3-8,10-13,23,26-31H,9,14-22H2,1-2H3,(H,39,46)(H,40,48)(H,41,47)(H,42,52)(H,44,45)(H,50,51)(H,53,54,55)(H,56,57,58)/t26?,27-,28-,29-,30-,31-/m0/s1. The topological polar surface area (TPSA) is 339 Å². The van der Waals surface area contributed by atoms with Gasteiger partial charge in [-0.1, -0.05) is 74.5 Å². The van der Waals surface area contributed by atoms with Crippen LogP contribution in [0.25, 0.3) is 0 Å². The van der Waals surface area contributed by atoms with E-state index in [1.54, 1.807) is 74.5 Å². The lowest BCUT2D eigenvalue weighted by Gasteiger charge is -2.30. The molecule has 1 unspecified atom stereocenters. The molecule has 1 aliphatic heterocycles.